The topological polar surface area (TPSA) is 57.7 Å². The van der Waals surface area contributed by atoms with Gasteiger partial charge in [0.1, 0.15) is 0 Å². The molecule has 0 aliphatic carbocycles. The lowest BCUT2D eigenvalue weighted by Crippen LogP contribution is -2.52. The molecule has 0 aromatic heterocycles. The second-order valence-electron chi connectivity index (χ2n) is 5.70. The van der Waals surface area contributed by atoms with Crippen LogP contribution in [0.1, 0.15) is 19.4 Å². The second-order valence-corrected chi connectivity index (χ2v) is 9.37. The average Bonchev–Trinajstić information content (AvgIpc) is 2.56. The fourth-order valence-corrected chi connectivity index (χ4v) is 4.53. The minimum atomic E-state index is -3.15. The van der Waals surface area contributed by atoms with Crippen LogP contribution in [0.25, 0.3) is 0 Å². The summed E-state index contributed by atoms with van der Waals surface area (Å²) in [4.78, 5) is 15.4. The van der Waals surface area contributed by atoms with E-state index in [1.165, 1.54) is 9.87 Å². The van der Waals surface area contributed by atoms with Gasteiger partial charge in [-0.2, -0.15) is 4.31 Å². The van der Waals surface area contributed by atoms with Gasteiger partial charge in [0, 0.05) is 31.1 Å². The standard InChI is InChI=1S/C16H24N2O3S2/c1-4-23(20,21)18-11-9-17(10-12-18)16(19)14(3)22-15-7-5-13(2)6-8-15/h5-8,14H,4,9-12H2,1-3H3. The molecule has 23 heavy (non-hydrogen) atoms. The van der Waals surface area contributed by atoms with Gasteiger partial charge in [-0.25, -0.2) is 8.42 Å². The highest BCUT2D eigenvalue weighted by molar-refractivity contribution is 8.00. The Kier molecular flexibility index (Phi) is 6.11. The minimum Gasteiger partial charge on any atom is -0.339 e. The number of thioether (sulfide) groups is 1. The molecule has 0 bridgehead atoms. The Labute approximate surface area is 143 Å². The Morgan fingerprint density at radius 1 is 1.17 bits per heavy atom. The molecule has 1 unspecified atom stereocenters. The summed E-state index contributed by atoms with van der Waals surface area (Å²) in [7, 11) is -3.15. The van der Waals surface area contributed by atoms with Crippen molar-refractivity contribution in [1.29, 1.82) is 0 Å². The molecule has 1 fully saturated rings. The van der Waals surface area contributed by atoms with Crippen molar-refractivity contribution >= 4 is 27.7 Å². The van der Waals surface area contributed by atoms with E-state index in [9.17, 15) is 13.2 Å². The van der Waals surface area contributed by atoms with E-state index in [4.69, 9.17) is 0 Å². The maximum absolute atomic E-state index is 12.5. The van der Waals surface area contributed by atoms with E-state index < -0.39 is 10.0 Å². The summed E-state index contributed by atoms with van der Waals surface area (Å²) >= 11 is 1.54. The van der Waals surface area contributed by atoms with Crippen molar-refractivity contribution in [3.8, 4) is 0 Å². The zero-order valence-electron chi connectivity index (χ0n) is 13.9. The number of carbonyl (C=O) groups excluding carboxylic acids is 1. The predicted octanol–water partition coefficient (Wildman–Crippen LogP) is 1.97. The van der Waals surface area contributed by atoms with Gasteiger partial charge in [-0.05, 0) is 32.9 Å². The molecule has 1 amide bonds. The first-order valence-electron chi connectivity index (χ1n) is 7.83. The van der Waals surface area contributed by atoms with Crippen molar-refractivity contribution < 1.29 is 13.2 Å². The summed E-state index contributed by atoms with van der Waals surface area (Å²) < 4.78 is 25.2. The number of hydrogen-bond acceptors (Lipinski definition) is 4. The normalized spacial score (nSPS) is 18.0. The van der Waals surface area contributed by atoms with Gasteiger partial charge in [0.05, 0.1) is 11.0 Å². The number of aryl methyl sites for hydroxylation is 1. The van der Waals surface area contributed by atoms with Crippen molar-refractivity contribution in [2.45, 2.75) is 30.9 Å². The number of amides is 1. The van der Waals surface area contributed by atoms with Crippen LogP contribution in [-0.2, 0) is 14.8 Å². The number of piperazine rings is 1. The van der Waals surface area contributed by atoms with Crippen LogP contribution in [0.3, 0.4) is 0 Å². The highest BCUT2D eigenvalue weighted by Gasteiger charge is 2.29. The summed E-state index contributed by atoms with van der Waals surface area (Å²) in [5.74, 6) is 0.185. The van der Waals surface area contributed by atoms with Crippen LogP contribution in [0.5, 0.6) is 0 Å². The Hall–Kier alpha value is -1.05. The van der Waals surface area contributed by atoms with Crippen molar-refractivity contribution in [1.82, 2.24) is 9.21 Å². The zero-order valence-corrected chi connectivity index (χ0v) is 15.5. The van der Waals surface area contributed by atoms with Gasteiger partial charge in [-0.3, -0.25) is 4.79 Å². The molecule has 0 spiro atoms. The Balaban J connectivity index is 1.90. The van der Waals surface area contributed by atoms with Gasteiger partial charge in [0.2, 0.25) is 15.9 Å². The average molecular weight is 357 g/mol. The molecule has 1 aromatic carbocycles. The van der Waals surface area contributed by atoms with Gasteiger partial charge in [-0.15, -0.1) is 11.8 Å². The van der Waals surface area contributed by atoms with E-state index >= 15 is 0 Å². The third kappa shape index (κ3) is 4.71. The number of carbonyl (C=O) groups is 1. The predicted molar refractivity (Wildman–Crippen MR) is 94.1 cm³/mol. The molecule has 0 radical (unpaired) electrons. The maximum atomic E-state index is 12.5. The molecule has 1 aliphatic heterocycles. The molecule has 2 rings (SSSR count). The molecule has 1 heterocycles. The maximum Gasteiger partial charge on any atom is 0.235 e. The minimum absolute atomic E-state index is 0.0733. The van der Waals surface area contributed by atoms with Crippen molar-refractivity contribution in [2.75, 3.05) is 31.9 Å². The SMILES string of the molecule is CCS(=O)(=O)N1CCN(C(=O)C(C)Sc2ccc(C)cc2)CC1. The summed E-state index contributed by atoms with van der Waals surface area (Å²) in [5.41, 5.74) is 1.20. The molecular weight excluding hydrogens is 332 g/mol. The number of hydrogen-bond donors (Lipinski definition) is 0. The van der Waals surface area contributed by atoms with Gasteiger partial charge in [0.25, 0.3) is 0 Å². The van der Waals surface area contributed by atoms with Crippen LogP contribution in [0.4, 0.5) is 0 Å². The molecule has 5 nitrogen and oxygen atoms in total. The van der Waals surface area contributed by atoms with E-state index in [-0.39, 0.29) is 16.9 Å². The summed E-state index contributed by atoms with van der Waals surface area (Å²) in [5, 5.41) is -0.174. The number of sulfonamides is 1. The Bertz CT molecular complexity index is 636. The van der Waals surface area contributed by atoms with Crippen LogP contribution >= 0.6 is 11.8 Å². The fourth-order valence-electron chi connectivity index (χ4n) is 2.50. The largest absolute Gasteiger partial charge is 0.339 e. The van der Waals surface area contributed by atoms with Gasteiger partial charge < -0.3 is 4.90 Å². The third-order valence-electron chi connectivity index (χ3n) is 3.99. The van der Waals surface area contributed by atoms with E-state index in [2.05, 4.69) is 0 Å². The first kappa shape index (κ1) is 18.3. The van der Waals surface area contributed by atoms with Crippen molar-refractivity contribution in [2.24, 2.45) is 0 Å². The highest BCUT2D eigenvalue weighted by atomic mass is 32.2. The summed E-state index contributed by atoms with van der Waals surface area (Å²) in [6, 6.07) is 8.12. The molecule has 1 aliphatic rings. The van der Waals surface area contributed by atoms with Crippen LogP contribution < -0.4 is 0 Å². The quantitative estimate of drug-likeness (QED) is 0.757. The number of benzene rings is 1. The second kappa shape index (κ2) is 7.68. The summed E-state index contributed by atoms with van der Waals surface area (Å²) in [6.07, 6.45) is 0. The molecule has 7 heteroatoms. The van der Waals surface area contributed by atoms with Crippen molar-refractivity contribution in [3.63, 3.8) is 0 Å². The van der Waals surface area contributed by atoms with Crippen LogP contribution in [0.2, 0.25) is 0 Å². The van der Waals surface area contributed by atoms with Crippen LogP contribution in [0, 0.1) is 6.92 Å². The van der Waals surface area contributed by atoms with E-state index in [1.54, 1.807) is 23.6 Å². The number of nitrogens with zero attached hydrogens (tertiary/aromatic N) is 2. The molecule has 0 saturated carbocycles. The first-order valence-corrected chi connectivity index (χ1v) is 10.3. The molecular formula is C16H24N2O3S2. The lowest BCUT2D eigenvalue weighted by molar-refractivity contribution is -0.131. The van der Waals surface area contributed by atoms with Gasteiger partial charge >= 0.3 is 0 Å². The molecule has 128 valence electrons. The monoisotopic (exact) mass is 356 g/mol. The number of rotatable bonds is 5. The first-order chi connectivity index (χ1) is 10.8. The third-order valence-corrected chi connectivity index (χ3v) is 6.97. The van der Waals surface area contributed by atoms with Crippen molar-refractivity contribution in [3.05, 3.63) is 29.8 Å². The molecule has 1 aromatic rings. The summed E-state index contributed by atoms with van der Waals surface area (Å²) in [6.45, 7) is 7.31. The molecule has 0 N–H and O–H groups in total. The van der Waals surface area contributed by atoms with Gasteiger partial charge in [0.15, 0.2) is 0 Å². The van der Waals surface area contributed by atoms with E-state index in [0.29, 0.717) is 26.2 Å². The van der Waals surface area contributed by atoms with E-state index in [0.717, 1.165) is 4.90 Å². The smallest absolute Gasteiger partial charge is 0.235 e. The fraction of sp³-hybridized carbons (Fsp3) is 0.562. The highest BCUT2D eigenvalue weighted by Crippen LogP contribution is 2.25. The van der Waals surface area contributed by atoms with Gasteiger partial charge in [-0.1, -0.05) is 17.7 Å². The van der Waals surface area contributed by atoms with Crippen LogP contribution in [0.15, 0.2) is 29.2 Å². The molecule has 1 atom stereocenters. The van der Waals surface area contributed by atoms with Crippen LogP contribution in [-0.4, -0.2) is 60.7 Å². The molecule has 1 saturated heterocycles. The van der Waals surface area contributed by atoms with E-state index in [1.807, 2.05) is 38.1 Å². The lowest BCUT2D eigenvalue weighted by atomic mass is 10.2. The Morgan fingerprint density at radius 3 is 2.26 bits per heavy atom. The zero-order chi connectivity index (χ0) is 17.0. The lowest BCUT2D eigenvalue weighted by Gasteiger charge is -2.35. The Morgan fingerprint density at radius 2 is 1.74 bits per heavy atom.